The first-order valence-corrected chi connectivity index (χ1v) is 7.79. The topological polar surface area (TPSA) is 152 Å². The van der Waals surface area contributed by atoms with Crippen molar-refractivity contribution < 1.29 is 33.6 Å². The number of nitro benzene ring substituents is 1. The van der Waals surface area contributed by atoms with Gasteiger partial charge in [-0.15, -0.1) is 0 Å². The molecule has 1 fully saturated rings. The van der Waals surface area contributed by atoms with Crippen LogP contribution in [-0.2, 0) is 9.59 Å². The van der Waals surface area contributed by atoms with Crippen LogP contribution in [0.2, 0.25) is 0 Å². The third-order valence-electron chi connectivity index (χ3n) is 3.83. The number of hydrogen-bond acceptors (Lipinski definition) is 7. The Labute approximate surface area is 156 Å². The van der Waals surface area contributed by atoms with Gasteiger partial charge in [0.2, 0.25) is 0 Å². The van der Waals surface area contributed by atoms with E-state index in [-0.39, 0.29) is 22.9 Å². The molecule has 0 spiro atoms. The van der Waals surface area contributed by atoms with E-state index in [1.54, 1.807) is 0 Å². The Morgan fingerprint density at radius 1 is 1.36 bits per heavy atom. The van der Waals surface area contributed by atoms with E-state index in [0.717, 1.165) is 0 Å². The highest BCUT2D eigenvalue weighted by Crippen LogP contribution is 2.34. The Morgan fingerprint density at radius 2 is 2.11 bits per heavy atom. The molecule has 0 unspecified atom stereocenters. The Kier molecular flexibility index (Phi) is 4.81. The highest BCUT2D eigenvalue weighted by Gasteiger charge is 2.35. The van der Waals surface area contributed by atoms with Crippen LogP contribution in [0.3, 0.4) is 0 Å². The molecule has 28 heavy (non-hydrogen) atoms. The third kappa shape index (κ3) is 3.53. The largest absolute Gasteiger partial charge is 0.496 e. The minimum Gasteiger partial charge on any atom is -0.496 e. The molecule has 1 aliphatic heterocycles. The van der Waals surface area contributed by atoms with Gasteiger partial charge in [-0.1, -0.05) is 0 Å². The van der Waals surface area contributed by atoms with Gasteiger partial charge in [0.25, 0.3) is 11.6 Å². The number of urea groups is 1. The molecule has 1 aliphatic rings. The molecule has 2 aromatic rings. The van der Waals surface area contributed by atoms with Crippen LogP contribution in [0.25, 0.3) is 17.4 Å². The zero-order valence-electron chi connectivity index (χ0n) is 14.4. The quantitative estimate of drug-likeness (QED) is 0.330. The number of amides is 3. The number of carbonyl (C=O) groups excluding carboxylic acids is 2. The number of carboxylic acid groups (broad SMARTS) is 1. The van der Waals surface area contributed by atoms with Gasteiger partial charge in [-0.2, -0.15) is 0 Å². The summed E-state index contributed by atoms with van der Waals surface area (Å²) < 4.78 is 10.8. The second-order valence-corrected chi connectivity index (χ2v) is 5.62. The Bertz CT molecular complexity index is 1020. The summed E-state index contributed by atoms with van der Waals surface area (Å²) in [5, 5.41) is 22.0. The predicted octanol–water partition coefficient (Wildman–Crippen LogP) is 1.84. The average Bonchev–Trinajstić information content (AvgIpc) is 3.21. The molecule has 0 bridgehead atoms. The summed E-state index contributed by atoms with van der Waals surface area (Å²) in [6, 6.07) is 6.15. The zero-order valence-corrected chi connectivity index (χ0v) is 14.4. The van der Waals surface area contributed by atoms with Crippen molar-refractivity contribution in [2.24, 2.45) is 0 Å². The van der Waals surface area contributed by atoms with Crippen molar-refractivity contribution in [1.29, 1.82) is 0 Å². The van der Waals surface area contributed by atoms with Crippen LogP contribution in [0.5, 0.6) is 5.75 Å². The molecule has 3 rings (SSSR count). The number of rotatable bonds is 6. The Balaban J connectivity index is 1.91. The number of carboxylic acids is 1. The van der Waals surface area contributed by atoms with E-state index in [2.05, 4.69) is 5.32 Å². The lowest BCUT2D eigenvalue weighted by Gasteiger charge is -2.06. The SMILES string of the molecule is COc1ccc([N+](=O)[O-])cc1-c1ccc(/C=C2/NC(=O)N(CC(=O)O)C2=O)o1. The lowest BCUT2D eigenvalue weighted by atomic mass is 10.1. The summed E-state index contributed by atoms with van der Waals surface area (Å²) in [4.78, 5) is 45.6. The van der Waals surface area contributed by atoms with Gasteiger partial charge in [0.1, 0.15) is 29.5 Å². The summed E-state index contributed by atoms with van der Waals surface area (Å²) in [7, 11) is 1.40. The normalized spacial score (nSPS) is 15.0. The van der Waals surface area contributed by atoms with Crippen molar-refractivity contribution in [2.75, 3.05) is 13.7 Å². The van der Waals surface area contributed by atoms with Crippen LogP contribution < -0.4 is 10.1 Å². The van der Waals surface area contributed by atoms with Crippen LogP contribution in [0.4, 0.5) is 10.5 Å². The summed E-state index contributed by atoms with van der Waals surface area (Å²) in [6.45, 7) is -0.768. The second-order valence-electron chi connectivity index (χ2n) is 5.62. The molecule has 1 aromatic carbocycles. The van der Waals surface area contributed by atoms with E-state index in [9.17, 15) is 24.5 Å². The van der Waals surface area contributed by atoms with E-state index in [1.165, 1.54) is 43.5 Å². The number of carbonyl (C=O) groups is 3. The minimum absolute atomic E-state index is 0.154. The monoisotopic (exact) mass is 387 g/mol. The number of furan rings is 1. The van der Waals surface area contributed by atoms with E-state index < -0.39 is 29.4 Å². The minimum atomic E-state index is -1.33. The molecule has 11 heteroatoms. The van der Waals surface area contributed by atoms with Crippen LogP contribution in [0.15, 0.2) is 40.4 Å². The van der Waals surface area contributed by atoms with Crippen LogP contribution in [-0.4, -0.2) is 46.5 Å². The van der Waals surface area contributed by atoms with Gasteiger partial charge in [0.05, 0.1) is 17.6 Å². The number of ether oxygens (including phenoxy) is 1. The first-order valence-electron chi connectivity index (χ1n) is 7.79. The molecular weight excluding hydrogens is 374 g/mol. The van der Waals surface area contributed by atoms with Gasteiger partial charge in [-0.05, 0) is 18.2 Å². The zero-order chi connectivity index (χ0) is 20.4. The number of hydrogen-bond donors (Lipinski definition) is 2. The third-order valence-corrected chi connectivity index (χ3v) is 3.83. The molecule has 11 nitrogen and oxygen atoms in total. The highest BCUT2D eigenvalue weighted by atomic mass is 16.6. The highest BCUT2D eigenvalue weighted by molar-refractivity contribution is 6.15. The van der Waals surface area contributed by atoms with Crippen LogP contribution in [0, 0.1) is 10.1 Å². The smallest absolute Gasteiger partial charge is 0.329 e. The molecule has 0 aliphatic carbocycles. The molecule has 0 atom stereocenters. The molecule has 1 aromatic heterocycles. The molecule has 0 saturated carbocycles. The molecule has 2 heterocycles. The summed E-state index contributed by atoms with van der Waals surface area (Å²) in [6.07, 6.45) is 1.23. The standard InChI is InChI=1S/C17H13N3O8/c1-27-13-4-2-9(20(25)26)6-11(13)14-5-3-10(28-14)7-12-16(23)19(8-15(21)22)17(24)18-12/h2-7H,8H2,1H3,(H,18,24)(H,21,22)/b12-7+. The predicted molar refractivity (Wildman–Crippen MR) is 93.2 cm³/mol. The maximum atomic E-state index is 12.1. The summed E-state index contributed by atoms with van der Waals surface area (Å²) >= 11 is 0. The van der Waals surface area contributed by atoms with Crippen molar-refractivity contribution in [1.82, 2.24) is 10.2 Å². The molecule has 1 saturated heterocycles. The van der Waals surface area contributed by atoms with E-state index >= 15 is 0 Å². The number of aliphatic carboxylic acids is 1. The number of imide groups is 1. The van der Waals surface area contributed by atoms with Gasteiger partial charge in [0, 0.05) is 18.2 Å². The van der Waals surface area contributed by atoms with Crippen LogP contribution in [0.1, 0.15) is 5.76 Å². The Morgan fingerprint density at radius 3 is 2.75 bits per heavy atom. The van der Waals surface area contributed by atoms with Crippen molar-refractivity contribution in [3.05, 3.63) is 51.9 Å². The number of methoxy groups -OCH3 is 1. The van der Waals surface area contributed by atoms with Gasteiger partial charge < -0.3 is 19.6 Å². The van der Waals surface area contributed by atoms with Crippen molar-refractivity contribution in [3.8, 4) is 17.1 Å². The second kappa shape index (κ2) is 7.23. The number of benzene rings is 1. The molecule has 3 amide bonds. The lowest BCUT2D eigenvalue weighted by Crippen LogP contribution is -2.35. The number of nitrogens with zero attached hydrogens (tertiary/aromatic N) is 2. The van der Waals surface area contributed by atoms with E-state index in [0.29, 0.717) is 16.2 Å². The maximum Gasteiger partial charge on any atom is 0.329 e. The first-order chi connectivity index (χ1) is 13.3. The molecule has 144 valence electrons. The molecular formula is C17H13N3O8. The summed E-state index contributed by atoms with van der Waals surface area (Å²) in [5.41, 5.74) is 0.0171. The van der Waals surface area contributed by atoms with Gasteiger partial charge in [-0.3, -0.25) is 19.7 Å². The van der Waals surface area contributed by atoms with Gasteiger partial charge in [0.15, 0.2) is 0 Å². The maximum absolute atomic E-state index is 12.1. The average molecular weight is 387 g/mol. The van der Waals surface area contributed by atoms with E-state index in [1.807, 2.05) is 0 Å². The van der Waals surface area contributed by atoms with Crippen molar-refractivity contribution in [3.63, 3.8) is 0 Å². The fourth-order valence-electron chi connectivity index (χ4n) is 2.57. The molecule has 2 N–H and O–H groups in total. The first kappa shape index (κ1) is 18.6. The van der Waals surface area contributed by atoms with Gasteiger partial charge in [-0.25, -0.2) is 9.69 Å². The van der Waals surface area contributed by atoms with Gasteiger partial charge >= 0.3 is 12.0 Å². The number of nitro groups is 1. The van der Waals surface area contributed by atoms with E-state index in [4.69, 9.17) is 14.3 Å². The van der Waals surface area contributed by atoms with Crippen LogP contribution >= 0.6 is 0 Å². The van der Waals surface area contributed by atoms with Crippen molar-refractivity contribution >= 4 is 29.7 Å². The summed E-state index contributed by atoms with van der Waals surface area (Å²) in [5.74, 6) is -1.38. The Hall–Kier alpha value is -4.15. The fourth-order valence-corrected chi connectivity index (χ4v) is 2.57. The molecule has 0 radical (unpaired) electrons. The number of nitrogens with one attached hydrogen (secondary N) is 1. The number of non-ortho nitro benzene ring substituents is 1. The fraction of sp³-hybridized carbons (Fsp3) is 0.118. The van der Waals surface area contributed by atoms with Crippen molar-refractivity contribution in [2.45, 2.75) is 0 Å². The lowest BCUT2D eigenvalue weighted by molar-refractivity contribution is -0.384.